The summed E-state index contributed by atoms with van der Waals surface area (Å²) in [7, 11) is -0.329. The van der Waals surface area contributed by atoms with Crippen LogP contribution in [0, 0.1) is 0 Å². The van der Waals surface area contributed by atoms with Gasteiger partial charge in [0.25, 0.3) is 0 Å². The molecule has 98 valence electrons. The first-order chi connectivity index (χ1) is 9.03. The molecule has 0 spiro atoms. The number of fused-ring (bicyclic) bond motifs is 1. The summed E-state index contributed by atoms with van der Waals surface area (Å²) in [6, 6.07) is 5.94. The van der Waals surface area contributed by atoms with Crippen LogP contribution in [0.5, 0.6) is 0 Å². The van der Waals surface area contributed by atoms with Gasteiger partial charge in [-0.2, -0.15) is 0 Å². The highest BCUT2D eigenvalue weighted by Gasteiger charge is 2.38. The Kier molecular flexibility index (Phi) is 3.03. The van der Waals surface area contributed by atoms with Crippen molar-refractivity contribution in [2.75, 3.05) is 0 Å². The summed E-state index contributed by atoms with van der Waals surface area (Å²) in [6.45, 7) is 6.28. The largest absolute Gasteiger partial charge is 0.494 e. The van der Waals surface area contributed by atoms with Crippen molar-refractivity contribution in [2.24, 2.45) is 0 Å². The Balaban J connectivity index is 1.95. The highest BCUT2D eigenvalue weighted by atomic mass is 16.6. The van der Waals surface area contributed by atoms with Crippen LogP contribution in [0.1, 0.15) is 27.2 Å². The van der Waals surface area contributed by atoms with E-state index in [1.807, 2.05) is 18.2 Å². The zero-order chi connectivity index (χ0) is 13.5. The van der Waals surface area contributed by atoms with E-state index in [1.165, 1.54) is 0 Å². The summed E-state index contributed by atoms with van der Waals surface area (Å²) < 4.78 is 11.9. The van der Waals surface area contributed by atoms with Crippen LogP contribution in [-0.2, 0) is 9.31 Å². The molecule has 1 saturated heterocycles. The number of aromatic nitrogens is 2. The number of hydrogen-bond donors (Lipinski definition) is 0. The van der Waals surface area contributed by atoms with Gasteiger partial charge < -0.3 is 9.31 Å². The molecule has 1 unspecified atom stereocenters. The Labute approximate surface area is 113 Å². The second-order valence-electron chi connectivity index (χ2n) is 5.66. The van der Waals surface area contributed by atoms with Crippen LogP contribution >= 0.6 is 0 Å². The molecule has 2 heterocycles. The first-order valence-corrected chi connectivity index (χ1v) is 6.57. The van der Waals surface area contributed by atoms with E-state index >= 15 is 0 Å². The van der Waals surface area contributed by atoms with E-state index in [-0.39, 0.29) is 18.8 Å². The predicted octanol–water partition coefficient (Wildman–Crippen LogP) is 1.93. The maximum atomic E-state index is 6.01. The van der Waals surface area contributed by atoms with Gasteiger partial charge in [0, 0.05) is 18.5 Å². The normalized spacial score (nSPS) is 22.7. The molecule has 0 aliphatic carbocycles. The van der Waals surface area contributed by atoms with Crippen molar-refractivity contribution >= 4 is 23.6 Å². The monoisotopic (exact) mass is 256 g/mol. The molecule has 2 aromatic rings. The smallest absolute Gasteiger partial charge is 0.405 e. The molecule has 19 heavy (non-hydrogen) atoms. The number of nitrogens with zero attached hydrogens (tertiary/aromatic N) is 2. The van der Waals surface area contributed by atoms with E-state index < -0.39 is 0 Å². The third kappa shape index (κ3) is 2.62. The van der Waals surface area contributed by atoms with Gasteiger partial charge in [0.1, 0.15) is 0 Å². The SMILES string of the molecule is CC1CC(C)(C)OB(c2ccc3nccnc3c2)O1. The highest BCUT2D eigenvalue weighted by Crippen LogP contribution is 2.25. The Morgan fingerprint density at radius 3 is 2.68 bits per heavy atom. The van der Waals surface area contributed by atoms with Crippen LogP contribution in [0.4, 0.5) is 0 Å². The van der Waals surface area contributed by atoms with Gasteiger partial charge >= 0.3 is 7.12 Å². The molecule has 0 saturated carbocycles. The van der Waals surface area contributed by atoms with Gasteiger partial charge in [-0.1, -0.05) is 6.07 Å². The van der Waals surface area contributed by atoms with Crippen molar-refractivity contribution < 1.29 is 9.31 Å². The lowest BCUT2D eigenvalue weighted by atomic mass is 9.75. The third-order valence-electron chi connectivity index (χ3n) is 3.33. The van der Waals surface area contributed by atoms with Crippen molar-refractivity contribution in [2.45, 2.75) is 38.9 Å². The lowest BCUT2D eigenvalue weighted by Gasteiger charge is -2.38. The lowest BCUT2D eigenvalue weighted by molar-refractivity contribution is -0.0229. The van der Waals surface area contributed by atoms with E-state index in [0.29, 0.717) is 0 Å². The Bertz CT molecular complexity index is 603. The summed E-state index contributed by atoms with van der Waals surface area (Å²) in [5.41, 5.74) is 2.57. The molecular formula is C14H17BN2O2. The summed E-state index contributed by atoms with van der Waals surface area (Å²) in [4.78, 5) is 8.59. The van der Waals surface area contributed by atoms with E-state index in [4.69, 9.17) is 9.31 Å². The van der Waals surface area contributed by atoms with Crippen molar-refractivity contribution in [3.8, 4) is 0 Å². The average Bonchev–Trinajstić information content (AvgIpc) is 2.36. The van der Waals surface area contributed by atoms with Crippen molar-refractivity contribution in [1.29, 1.82) is 0 Å². The summed E-state index contributed by atoms with van der Waals surface area (Å²) in [5.74, 6) is 0. The zero-order valence-corrected chi connectivity index (χ0v) is 11.5. The van der Waals surface area contributed by atoms with Crippen molar-refractivity contribution in [1.82, 2.24) is 9.97 Å². The van der Waals surface area contributed by atoms with Gasteiger partial charge in [0.15, 0.2) is 0 Å². The van der Waals surface area contributed by atoms with Gasteiger partial charge in [0.2, 0.25) is 0 Å². The fraction of sp³-hybridized carbons (Fsp3) is 0.429. The topological polar surface area (TPSA) is 44.2 Å². The van der Waals surface area contributed by atoms with Crippen LogP contribution in [0.15, 0.2) is 30.6 Å². The molecule has 0 amide bonds. The van der Waals surface area contributed by atoms with E-state index in [2.05, 4.69) is 30.7 Å². The maximum Gasteiger partial charge on any atom is 0.494 e. The maximum absolute atomic E-state index is 6.01. The van der Waals surface area contributed by atoms with Crippen molar-refractivity contribution in [3.63, 3.8) is 0 Å². The number of benzene rings is 1. The minimum absolute atomic E-state index is 0.167. The minimum Gasteiger partial charge on any atom is -0.405 e. The molecule has 1 atom stereocenters. The van der Waals surface area contributed by atoms with Crippen LogP contribution in [0.2, 0.25) is 0 Å². The number of hydrogen-bond acceptors (Lipinski definition) is 4. The van der Waals surface area contributed by atoms with Gasteiger partial charge in [-0.3, -0.25) is 9.97 Å². The quantitative estimate of drug-likeness (QED) is 0.731. The fourth-order valence-electron chi connectivity index (χ4n) is 2.59. The molecule has 1 aliphatic heterocycles. The van der Waals surface area contributed by atoms with E-state index in [0.717, 1.165) is 22.9 Å². The molecule has 1 aliphatic rings. The predicted molar refractivity (Wildman–Crippen MR) is 75.3 cm³/mol. The molecule has 3 rings (SSSR count). The van der Waals surface area contributed by atoms with Crippen LogP contribution < -0.4 is 5.46 Å². The molecule has 1 aromatic carbocycles. The molecule has 5 heteroatoms. The van der Waals surface area contributed by atoms with Gasteiger partial charge in [-0.25, -0.2) is 0 Å². The van der Waals surface area contributed by atoms with Gasteiger partial charge in [-0.15, -0.1) is 0 Å². The Hall–Kier alpha value is -1.46. The van der Waals surface area contributed by atoms with E-state index in [1.54, 1.807) is 12.4 Å². The van der Waals surface area contributed by atoms with Gasteiger partial charge in [-0.05, 0) is 44.8 Å². The number of rotatable bonds is 1. The Morgan fingerprint density at radius 2 is 1.95 bits per heavy atom. The molecule has 0 N–H and O–H groups in total. The highest BCUT2D eigenvalue weighted by molar-refractivity contribution is 6.61. The van der Waals surface area contributed by atoms with Crippen LogP contribution in [-0.4, -0.2) is 28.8 Å². The fourth-order valence-corrected chi connectivity index (χ4v) is 2.59. The molecule has 1 aromatic heterocycles. The average molecular weight is 256 g/mol. The second kappa shape index (κ2) is 4.58. The molecule has 1 fully saturated rings. The van der Waals surface area contributed by atoms with E-state index in [9.17, 15) is 0 Å². The Morgan fingerprint density at radius 1 is 1.21 bits per heavy atom. The summed E-state index contributed by atoms with van der Waals surface area (Å²) >= 11 is 0. The minimum atomic E-state index is -0.329. The van der Waals surface area contributed by atoms with Crippen LogP contribution in [0.3, 0.4) is 0 Å². The standard InChI is InChI=1S/C14H17BN2O2/c1-10-9-14(2,3)19-15(18-10)11-4-5-12-13(8-11)17-7-6-16-12/h4-8,10H,9H2,1-3H3. The van der Waals surface area contributed by atoms with Gasteiger partial charge in [0.05, 0.1) is 16.6 Å². The van der Waals surface area contributed by atoms with Crippen molar-refractivity contribution in [3.05, 3.63) is 30.6 Å². The molecule has 0 radical (unpaired) electrons. The molecular weight excluding hydrogens is 239 g/mol. The second-order valence-corrected chi connectivity index (χ2v) is 5.66. The lowest BCUT2D eigenvalue weighted by Crippen LogP contribution is -2.51. The zero-order valence-electron chi connectivity index (χ0n) is 11.5. The summed E-state index contributed by atoms with van der Waals surface area (Å²) in [5, 5.41) is 0. The molecule has 4 nitrogen and oxygen atoms in total. The summed E-state index contributed by atoms with van der Waals surface area (Å²) in [6.07, 6.45) is 4.48. The van der Waals surface area contributed by atoms with Crippen LogP contribution in [0.25, 0.3) is 11.0 Å². The first-order valence-electron chi connectivity index (χ1n) is 6.57. The first kappa shape index (κ1) is 12.6. The third-order valence-corrected chi connectivity index (χ3v) is 3.33. The molecule has 0 bridgehead atoms.